The highest BCUT2D eigenvalue weighted by atomic mass is 15.3. The Hall–Kier alpha value is -2.56. The molecule has 0 amide bonds. The molecule has 0 radical (unpaired) electrons. The molecule has 1 aromatic carbocycles. The molecule has 0 bridgehead atoms. The van der Waals surface area contributed by atoms with Crippen molar-refractivity contribution in [3.8, 4) is 0 Å². The molecule has 0 unspecified atom stereocenters. The van der Waals surface area contributed by atoms with Gasteiger partial charge >= 0.3 is 0 Å². The van der Waals surface area contributed by atoms with Crippen LogP contribution in [-0.4, -0.2) is 40.8 Å². The largest absolute Gasteiger partial charge is 0.368 e. The van der Waals surface area contributed by atoms with E-state index in [0.29, 0.717) is 0 Å². The number of anilines is 2. The monoisotopic (exact) mass is 321 g/mol. The average molecular weight is 321 g/mol. The Morgan fingerprint density at radius 1 is 1.00 bits per heavy atom. The first-order chi connectivity index (χ1) is 11.7. The summed E-state index contributed by atoms with van der Waals surface area (Å²) < 4.78 is 1.92. The fraction of sp³-hybridized carbons (Fsp3) is 0.368. The Kier molecular flexibility index (Phi) is 3.84. The molecule has 1 saturated heterocycles. The zero-order valence-corrected chi connectivity index (χ0v) is 14.3. The second kappa shape index (κ2) is 6.15. The molecule has 1 fully saturated rings. The average Bonchev–Trinajstić information content (AvgIpc) is 3.02. The predicted molar refractivity (Wildman–Crippen MR) is 98.0 cm³/mol. The third kappa shape index (κ3) is 2.70. The lowest BCUT2D eigenvalue weighted by molar-refractivity contribution is 0.647. The molecule has 124 valence electrons. The van der Waals surface area contributed by atoms with E-state index in [2.05, 4.69) is 57.1 Å². The molecule has 0 aliphatic carbocycles. The quantitative estimate of drug-likeness (QED) is 0.743. The van der Waals surface area contributed by atoms with Crippen molar-refractivity contribution in [1.82, 2.24) is 14.6 Å². The zero-order chi connectivity index (χ0) is 16.5. The molecule has 3 heterocycles. The molecule has 0 saturated carbocycles. The summed E-state index contributed by atoms with van der Waals surface area (Å²) >= 11 is 0. The molecule has 5 nitrogen and oxygen atoms in total. The van der Waals surface area contributed by atoms with Crippen molar-refractivity contribution in [1.29, 1.82) is 0 Å². The molecule has 2 aromatic heterocycles. The summed E-state index contributed by atoms with van der Waals surface area (Å²) in [5.41, 5.74) is 4.83. The van der Waals surface area contributed by atoms with Crippen LogP contribution in [0.2, 0.25) is 0 Å². The number of piperazine rings is 1. The van der Waals surface area contributed by atoms with Crippen LogP contribution in [0.5, 0.6) is 0 Å². The van der Waals surface area contributed by atoms with E-state index in [1.165, 1.54) is 11.3 Å². The van der Waals surface area contributed by atoms with Gasteiger partial charge in [0.05, 0.1) is 5.69 Å². The van der Waals surface area contributed by atoms with Gasteiger partial charge in [-0.05, 0) is 37.1 Å². The zero-order valence-electron chi connectivity index (χ0n) is 14.3. The van der Waals surface area contributed by atoms with Crippen molar-refractivity contribution in [3.63, 3.8) is 0 Å². The van der Waals surface area contributed by atoms with E-state index < -0.39 is 0 Å². The van der Waals surface area contributed by atoms with Crippen molar-refractivity contribution in [2.75, 3.05) is 36.0 Å². The summed E-state index contributed by atoms with van der Waals surface area (Å²) in [5, 5.41) is 4.49. The van der Waals surface area contributed by atoms with Crippen molar-refractivity contribution in [2.45, 2.75) is 20.3 Å². The van der Waals surface area contributed by atoms with Crippen LogP contribution < -0.4 is 9.80 Å². The molecule has 1 aliphatic heterocycles. The summed E-state index contributed by atoms with van der Waals surface area (Å²) in [5.74, 6) is 1.04. The molecule has 0 atom stereocenters. The van der Waals surface area contributed by atoms with E-state index >= 15 is 0 Å². The third-order valence-electron chi connectivity index (χ3n) is 4.78. The fourth-order valence-electron chi connectivity index (χ4n) is 3.39. The molecule has 5 heteroatoms. The molecular formula is C19H23N5. The van der Waals surface area contributed by atoms with Crippen LogP contribution in [0.1, 0.15) is 18.2 Å². The van der Waals surface area contributed by atoms with Gasteiger partial charge < -0.3 is 9.80 Å². The number of hydrogen-bond donors (Lipinski definition) is 0. The highest BCUT2D eigenvalue weighted by molar-refractivity contribution is 5.69. The first kappa shape index (κ1) is 15.0. The summed E-state index contributed by atoms with van der Waals surface area (Å²) in [7, 11) is 0. The van der Waals surface area contributed by atoms with Crippen molar-refractivity contribution < 1.29 is 0 Å². The van der Waals surface area contributed by atoms with Crippen molar-refractivity contribution in [2.24, 2.45) is 0 Å². The number of rotatable bonds is 3. The Balaban J connectivity index is 1.50. The van der Waals surface area contributed by atoms with Gasteiger partial charge in [0.2, 0.25) is 0 Å². The van der Waals surface area contributed by atoms with Crippen molar-refractivity contribution >= 4 is 17.0 Å². The number of aryl methyl sites for hydroxylation is 2. The maximum atomic E-state index is 4.61. The maximum absolute atomic E-state index is 4.61. The molecule has 0 N–H and O–H groups in total. The normalized spacial score (nSPS) is 15.2. The molecule has 24 heavy (non-hydrogen) atoms. The van der Waals surface area contributed by atoms with Crippen LogP contribution in [0.3, 0.4) is 0 Å². The van der Waals surface area contributed by atoms with Gasteiger partial charge in [0, 0.05) is 44.3 Å². The lowest BCUT2D eigenvalue weighted by Gasteiger charge is -2.36. The molecular weight excluding hydrogens is 298 g/mol. The van der Waals surface area contributed by atoms with E-state index in [9.17, 15) is 0 Å². The molecule has 1 aliphatic rings. The minimum absolute atomic E-state index is 0.979. The van der Waals surface area contributed by atoms with E-state index in [0.717, 1.165) is 49.6 Å². The third-order valence-corrected chi connectivity index (χ3v) is 4.78. The van der Waals surface area contributed by atoms with Crippen LogP contribution >= 0.6 is 0 Å². The first-order valence-corrected chi connectivity index (χ1v) is 8.64. The summed E-state index contributed by atoms with van der Waals surface area (Å²) in [6.07, 6.45) is 4.84. The Morgan fingerprint density at radius 2 is 1.71 bits per heavy atom. The highest BCUT2D eigenvalue weighted by Gasteiger charge is 2.20. The Morgan fingerprint density at radius 3 is 2.42 bits per heavy atom. The van der Waals surface area contributed by atoms with Crippen LogP contribution in [0.15, 0.2) is 42.7 Å². The Bertz CT molecular complexity index is 829. The lowest BCUT2D eigenvalue weighted by atomic mass is 10.1. The number of benzene rings is 1. The van der Waals surface area contributed by atoms with Crippen molar-refractivity contribution in [3.05, 3.63) is 54.0 Å². The van der Waals surface area contributed by atoms with Gasteiger partial charge in [-0.2, -0.15) is 5.10 Å². The summed E-state index contributed by atoms with van der Waals surface area (Å²) in [4.78, 5) is 9.44. The van der Waals surface area contributed by atoms with Gasteiger partial charge in [-0.1, -0.05) is 19.1 Å². The molecule has 4 rings (SSSR count). The van der Waals surface area contributed by atoms with Crippen LogP contribution in [-0.2, 0) is 6.42 Å². The molecule has 3 aromatic rings. The topological polar surface area (TPSA) is 36.7 Å². The number of hydrogen-bond acceptors (Lipinski definition) is 4. The van der Waals surface area contributed by atoms with Crippen LogP contribution in [0, 0.1) is 6.92 Å². The second-order valence-corrected chi connectivity index (χ2v) is 6.36. The van der Waals surface area contributed by atoms with E-state index in [1.54, 1.807) is 0 Å². The summed E-state index contributed by atoms with van der Waals surface area (Å²) in [6, 6.07) is 11.1. The minimum Gasteiger partial charge on any atom is -0.368 e. The predicted octanol–water partition coefficient (Wildman–Crippen LogP) is 2.93. The standard InChI is InChI=1S/C19H23N5/c1-3-16-4-6-17(7-5-16)22-10-12-23(13-11-22)19-18-14-15(2)21-24(18)9-8-20-19/h4-9,14H,3,10-13H2,1-2H3. The van der Waals surface area contributed by atoms with E-state index in [4.69, 9.17) is 0 Å². The van der Waals surface area contributed by atoms with Gasteiger partial charge in [0.15, 0.2) is 5.82 Å². The van der Waals surface area contributed by atoms with Gasteiger partial charge in [0.1, 0.15) is 5.52 Å². The van der Waals surface area contributed by atoms with Gasteiger partial charge in [-0.3, -0.25) is 0 Å². The summed E-state index contributed by atoms with van der Waals surface area (Å²) in [6.45, 7) is 8.20. The molecule has 0 spiro atoms. The highest BCUT2D eigenvalue weighted by Crippen LogP contribution is 2.23. The van der Waals surface area contributed by atoms with Gasteiger partial charge in [0.25, 0.3) is 0 Å². The van der Waals surface area contributed by atoms with E-state index in [1.807, 2.05) is 23.8 Å². The number of nitrogens with zero attached hydrogens (tertiary/aromatic N) is 5. The number of fused-ring (bicyclic) bond motifs is 1. The number of aromatic nitrogens is 3. The van der Waals surface area contributed by atoms with Crippen LogP contribution in [0.4, 0.5) is 11.5 Å². The lowest BCUT2D eigenvalue weighted by Crippen LogP contribution is -2.47. The first-order valence-electron chi connectivity index (χ1n) is 8.64. The SMILES string of the molecule is CCc1ccc(N2CCN(c3nccn4nc(C)cc34)CC2)cc1. The fourth-order valence-corrected chi connectivity index (χ4v) is 3.39. The van der Waals surface area contributed by atoms with Crippen LogP contribution in [0.25, 0.3) is 5.52 Å². The Labute approximate surface area is 142 Å². The maximum Gasteiger partial charge on any atom is 0.154 e. The van der Waals surface area contributed by atoms with Gasteiger partial charge in [-0.25, -0.2) is 9.50 Å². The second-order valence-electron chi connectivity index (χ2n) is 6.36. The van der Waals surface area contributed by atoms with E-state index in [-0.39, 0.29) is 0 Å². The smallest absolute Gasteiger partial charge is 0.154 e. The van der Waals surface area contributed by atoms with Gasteiger partial charge in [-0.15, -0.1) is 0 Å². The minimum atomic E-state index is 0.979.